The highest BCUT2D eigenvalue weighted by atomic mass is 16.5. The minimum absolute atomic E-state index is 0.0107. The van der Waals surface area contributed by atoms with Crippen molar-refractivity contribution in [3.63, 3.8) is 0 Å². The molecular formula is C24H33N4O3+. The van der Waals surface area contributed by atoms with Crippen LogP contribution < -0.4 is 15.1 Å². The third-order valence-electron chi connectivity index (χ3n) is 5.70. The molecule has 0 aromatic heterocycles. The van der Waals surface area contributed by atoms with Crippen LogP contribution in [0.3, 0.4) is 0 Å². The Morgan fingerprint density at radius 1 is 1.06 bits per heavy atom. The lowest BCUT2D eigenvalue weighted by Gasteiger charge is -2.28. The van der Waals surface area contributed by atoms with Crippen LogP contribution >= 0.6 is 0 Å². The van der Waals surface area contributed by atoms with E-state index in [4.69, 9.17) is 4.74 Å². The van der Waals surface area contributed by atoms with Gasteiger partial charge in [0.05, 0.1) is 26.3 Å². The zero-order valence-corrected chi connectivity index (χ0v) is 18.6. The van der Waals surface area contributed by atoms with Crippen LogP contribution in [0.4, 0.5) is 11.4 Å². The Bertz CT molecular complexity index is 851. The number of likely N-dealkylation sites (N-methyl/N-ethyl adjacent to an activating group) is 2. The first-order chi connectivity index (χ1) is 14.9. The minimum Gasteiger partial charge on any atom is -0.378 e. The van der Waals surface area contributed by atoms with Crippen LogP contribution in [0.15, 0.2) is 54.6 Å². The van der Waals surface area contributed by atoms with Crippen LogP contribution in [0.5, 0.6) is 0 Å². The number of nitrogens with zero attached hydrogens (tertiary/aromatic N) is 2. The summed E-state index contributed by atoms with van der Waals surface area (Å²) in [6.45, 7) is 5.74. The van der Waals surface area contributed by atoms with Crippen molar-refractivity contribution in [2.45, 2.75) is 13.0 Å². The standard InChI is InChI=1S/C24H32N4O3/c1-19(20-7-5-4-6-8-20)27(3)24(30)18-26(2)17-23(29)25-21-9-11-22(12-10-21)28-13-15-31-16-14-28/h4-12,19H,13-18H2,1-3H3,(H,25,29)/p+1/t19-/m1/s1. The molecule has 166 valence electrons. The largest absolute Gasteiger partial charge is 0.378 e. The maximum Gasteiger partial charge on any atom is 0.279 e. The van der Waals surface area contributed by atoms with Crippen LogP contribution in [-0.4, -0.2) is 70.2 Å². The summed E-state index contributed by atoms with van der Waals surface area (Å²) in [5.41, 5.74) is 2.98. The summed E-state index contributed by atoms with van der Waals surface area (Å²) in [5, 5.41) is 2.93. The van der Waals surface area contributed by atoms with E-state index in [-0.39, 0.29) is 30.9 Å². The van der Waals surface area contributed by atoms with Crippen molar-refractivity contribution in [2.24, 2.45) is 0 Å². The van der Waals surface area contributed by atoms with Crippen molar-refractivity contribution in [1.29, 1.82) is 0 Å². The van der Waals surface area contributed by atoms with Crippen molar-refractivity contribution >= 4 is 23.2 Å². The monoisotopic (exact) mass is 425 g/mol. The molecule has 0 bridgehead atoms. The lowest BCUT2D eigenvalue weighted by atomic mass is 10.1. The molecule has 2 N–H and O–H groups in total. The first-order valence-electron chi connectivity index (χ1n) is 10.8. The second-order valence-corrected chi connectivity index (χ2v) is 8.10. The SMILES string of the molecule is C[C@H](c1ccccc1)N(C)C(=O)C[NH+](C)CC(=O)Nc1ccc(N2CCOCC2)cc1. The smallest absolute Gasteiger partial charge is 0.279 e. The quantitative estimate of drug-likeness (QED) is 0.667. The van der Waals surface area contributed by atoms with Gasteiger partial charge in [0.25, 0.3) is 11.8 Å². The third kappa shape index (κ3) is 6.54. The Hall–Kier alpha value is -2.90. The van der Waals surface area contributed by atoms with Crippen molar-refractivity contribution in [3.05, 3.63) is 60.2 Å². The molecule has 7 nitrogen and oxygen atoms in total. The molecule has 1 fully saturated rings. The number of quaternary nitrogens is 1. The predicted molar refractivity (Wildman–Crippen MR) is 122 cm³/mol. The first kappa shape index (κ1) is 22.8. The fourth-order valence-corrected chi connectivity index (χ4v) is 3.67. The highest BCUT2D eigenvalue weighted by molar-refractivity contribution is 5.91. The molecule has 7 heteroatoms. The Balaban J connectivity index is 1.46. The second-order valence-electron chi connectivity index (χ2n) is 8.10. The number of hydrogen-bond donors (Lipinski definition) is 2. The Kier molecular flexibility index (Phi) is 8.03. The number of ether oxygens (including phenoxy) is 1. The van der Waals surface area contributed by atoms with E-state index in [9.17, 15) is 9.59 Å². The fourth-order valence-electron chi connectivity index (χ4n) is 3.67. The van der Waals surface area contributed by atoms with Gasteiger partial charge in [0.1, 0.15) is 0 Å². The Labute approximate surface area is 184 Å². The fraction of sp³-hybridized carbons (Fsp3) is 0.417. The molecule has 0 aliphatic carbocycles. The van der Waals surface area contributed by atoms with Gasteiger partial charge in [-0.25, -0.2) is 0 Å². The number of benzene rings is 2. The van der Waals surface area contributed by atoms with Crippen LogP contribution in [-0.2, 0) is 14.3 Å². The summed E-state index contributed by atoms with van der Waals surface area (Å²) in [6.07, 6.45) is 0. The van der Waals surface area contributed by atoms with Crippen LogP contribution in [0.2, 0.25) is 0 Å². The zero-order chi connectivity index (χ0) is 22.2. The summed E-state index contributed by atoms with van der Waals surface area (Å²) < 4.78 is 5.38. The summed E-state index contributed by atoms with van der Waals surface area (Å²) >= 11 is 0. The van der Waals surface area contributed by atoms with E-state index in [2.05, 4.69) is 10.2 Å². The molecule has 3 rings (SSSR count). The average molecular weight is 426 g/mol. The van der Waals surface area contributed by atoms with Gasteiger partial charge in [-0.1, -0.05) is 30.3 Å². The number of morpholine rings is 1. The van der Waals surface area contributed by atoms with Gasteiger partial charge in [-0.05, 0) is 36.8 Å². The highest BCUT2D eigenvalue weighted by Gasteiger charge is 2.21. The van der Waals surface area contributed by atoms with Crippen molar-refractivity contribution in [2.75, 3.05) is 63.7 Å². The van der Waals surface area contributed by atoms with Gasteiger partial charge in [0.2, 0.25) is 0 Å². The van der Waals surface area contributed by atoms with E-state index in [1.54, 1.807) is 4.90 Å². The Morgan fingerprint density at radius 3 is 2.35 bits per heavy atom. The van der Waals surface area contributed by atoms with Gasteiger partial charge in [-0.15, -0.1) is 0 Å². The van der Waals surface area contributed by atoms with E-state index in [1.807, 2.05) is 75.6 Å². The number of carbonyl (C=O) groups is 2. The maximum atomic E-state index is 12.7. The number of hydrogen-bond acceptors (Lipinski definition) is 4. The van der Waals surface area contributed by atoms with E-state index in [1.165, 1.54) is 0 Å². The van der Waals surface area contributed by atoms with E-state index in [0.29, 0.717) is 0 Å². The van der Waals surface area contributed by atoms with Gasteiger partial charge < -0.3 is 24.8 Å². The van der Waals surface area contributed by atoms with Crippen LogP contribution in [0.1, 0.15) is 18.5 Å². The lowest BCUT2D eigenvalue weighted by Crippen LogP contribution is -3.11. The van der Waals surface area contributed by atoms with Crippen LogP contribution in [0, 0.1) is 0 Å². The number of rotatable bonds is 8. The molecule has 1 aliphatic rings. The van der Waals surface area contributed by atoms with E-state index in [0.717, 1.165) is 48.1 Å². The normalized spacial score (nSPS) is 15.8. The molecular weight excluding hydrogens is 392 g/mol. The Morgan fingerprint density at radius 2 is 1.71 bits per heavy atom. The molecule has 2 atom stereocenters. The molecule has 1 heterocycles. The van der Waals surface area contributed by atoms with Crippen LogP contribution in [0.25, 0.3) is 0 Å². The zero-order valence-electron chi connectivity index (χ0n) is 18.6. The van der Waals surface area contributed by atoms with E-state index >= 15 is 0 Å². The molecule has 1 saturated heterocycles. The molecule has 31 heavy (non-hydrogen) atoms. The van der Waals surface area contributed by atoms with Crippen molar-refractivity contribution in [3.8, 4) is 0 Å². The number of nitrogens with one attached hydrogen (secondary N) is 2. The van der Waals surface area contributed by atoms with Gasteiger partial charge in [-0.2, -0.15) is 0 Å². The summed E-state index contributed by atoms with van der Waals surface area (Å²) in [7, 11) is 3.67. The molecule has 0 saturated carbocycles. The second kappa shape index (κ2) is 10.9. The van der Waals surface area contributed by atoms with Crippen molar-refractivity contribution in [1.82, 2.24) is 4.90 Å². The molecule has 2 aromatic carbocycles. The molecule has 1 aliphatic heterocycles. The van der Waals surface area contributed by atoms with Gasteiger partial charge >= 0.3 is 0 Å². The topological polar surface area (TPSA) is 66.3 Å². The predicted octanol–water partition coefficient (Wildman–Crippen LogP) is 1.20. The molecule has 0 spiro atoms. The molecule has 2 amide bonds. The van der Waals surface area contributed by atoms with Gasteiger partial charge in [-0.3, -0.25) is 9.59 Å². The third-order valence-corrected chi connectivity index (χ3v) is 5.70. The minimum atomic E-state index is -0.108. The molecule has 2 aromatic rings. The summed E-state index contributed by atoms with van der Waals surface area (Å²) in [6, 6.07) is 17.8. The molecule has 1 unspecified atom stereocenters. The van der Waals surface area contributed by atoms with Gasteiger partial charge in [0, 0.05) is 31.5 Å². The summed E-state index contributed by atoms with van der Waals surface area (Å²) in [5.74, 6) is -0.0975. The first-order valence-corrected chi connectivity index (χ1v) is 10.8. The highest BCUT2D eigenvalue weighted by Crippen LogP contribution is 2.19. The number of anilines is 2. The average Bonchev–Trinajstić information content (AvgIpc) is 2.79. The summed E-state index contributed by atoms with van der Waals surface area (Å²) in [4.78, 5) is 29.9. The number of carbonyl (C=O) groups excluding carboxylic acids is 2. The van der Waals surface area contributed by atoms with Crippen molar-refractivity contribution < 1.29 is 19.2 Å². The number of amides is 2. The lowest BCUT2D eigenvalue weighted by molar-refractivity contribution is -0.862. The van der Waals surface area contributed by atoms with E-state index < -0.39 is 0 Å². The maximum absolute atomic E-state index is 12.7. The van der Waals surface area contributed by atoms with Gasteiger partial charge in [0.15, 0.2) is 13.1 Å². The molecule has 0 radical (unpaired) electrons.